The SMILES string of the molecule is C=C/C(C)=C\C(Nc1ccc(F)c(-c2ccc3c(C(=C)N/C(C)=C\C)ncn3c2)c1F)=C(C)C.C=C=O. The van der Waals surface area contributed by atoms with Crippen LogP contribution in [0.5, 0.6) is 0 Å². The molecule has 0 fully saturated rings. The lowest BCUT2D eigenvalue weighted by Gasteiger charge is -2.15. The summed E-state index contributed by atoms with van der Waals surface area (Å²) in [4.78, 5) is 13.0. The van der Waals surface area contributed by atoms with Gasteiger partial charge in [-0.15, -0.1) is 0 Å². The Morgan fingerprint density at radius 2 is 1.81 bits per heavy atom. The van der Waals surface area contributed by atoms with Crippen LogP contribution in [0.25, 0.3) is 22.3 Å². The molecule has 0 aliphatic heterocycles. The molecule has 1 aromatic carbocycles. The predicted molar refractivity (Wildman–Crippen MR) is 149 cm³/mol. The van der Waals surface area contributed by atoms with Gasteiger partial charge in [0.15, 0.2) is 5.82 Å². The molecule has 2 aromatic heterocycles. The second-order valence-corrected chi connectivity index (χ2v) is 8.44. The van der Waals surface area contributed by atoms with Crippen LogP contribution in [-0.4, -0.2) is 15.3 Å². The molecule has 37 heavy (non-hydrogen) atoms. The maximum atomic E-state index is 15.6. The summed E-state index contributed by atoms with van der Waals surface area (Å²) >= 11 is 0. The minimum absolute atomic E-state index is 0.110. The third-order valence-corrected chi connectivity index (χ3v) is 5.48. The number of rotatable bonds is 8. The molecule has 0 radical (unpaired) electrons. The van der Waals surface area contributed by atoms with Crippen LogP contribution < -0.4 is 10.6 Å². The standard InChI is InChI=1S/C28H30F2N4.C2H2O/c1-8-18(5)14-24(17(3)4)33-23-12-11-22(29)26(27(23)30)21-10-13-25-28(31-16-34(25)15-21)20(7)32-19(6)9-2;1-2-3/h8-16,32-33H,1,7H2,2-6H3;1H2/b18-14-,19-9-;. The fourth-order valence-corrected chi connectivity index (χ4v) is 3.40. The number of hydrogen-bond donors (Lipinski definition) is 2. The first kappa shape index (κ1) is 28.8. The molecule has 0 amide bonds. The van der Waals surface area contributed by atoms with Crippen LogP contribution >= 0.6 is 0 Å². The van der Waals surface area contributed by atoms with Crippen LogP contribution in [0.2, 0.25) is 0 Å². The van der Waals surface area contributed by atoms with Crippen LogP contribution in [0.4, 0.5) is 14.5 Å². The van der Waals surface area contributed by atoms with Crippen LogP contribution in [0.3, 0.4) is 0 Å². The molecule has 0 bridgehead atoms. The second-order valence-electron chi connectivity index (χ2n) is 8.44. The molecule has 0 aliphatic rings. The quantitative estimate of drug-likeness (QED) is 0.246. The molecule has 5 nitrogen and oxygen atoms in total. The average molecular weight is 503 g/mol. The van der Waals surface area contributed by atoms with Crippen molar-refractivity contribution in [3.05, 3.63) is 115 Å². The monoisotopic (exact) mass is 502 g/mol. The maximum Gasteiger partial charge on any atom is 0.157 e. The lowest BCUT2D eigenvalue weighted by atomic mass is 10.0. The molecule has 0 unspecified atom stereocenters. The van der Waals surface area contributed by atoms with Crippen LogP contribution in [0, 0.1) is 11.6 Å². The predicted octanol–water partition coefficient (Wildman–Crippen LogP) is 7.61. The van der Waals surface area contributed by atoms with Crippen molar-refractivity contribution in [3.8, 4) is 11.1 Å². The van der Waals surface area contributed by atoms with Crippen molar-refractivity contribution in [2.75, 3.05) is 5.32 Å². The van der Waals surface area contributed by atoms with E-state index >= 15 is 4.39 Å². The van der Waals surface area contributed by atoms with Gasteiger partial charge in [0, 0.05) is 23.2 Å². The molecule has 0 saturated carbocycles. The smallest absolute Gasteiger partial charge is 0.157 e. The minimum atomic E-state index is -0.669. The molecule has 0 saturated heterocycles. The summed E-state index contributed by atoms with van der Waals surface area (Å²) in [5.74, 6) is -0.0630. The number of halogens is 2. The van der Waals surface area contributed by atoms with Crippen molar-refractivity contribution >= 4 is 22.8 Å². The highest BCUT2D eigenvalue weighted by Crippen LogP contribution is 2.32. The van der Waals surface area contributed by atoms with E-state index in [2.05, 4.69) is 35.4 Å². The summed E-state index contributed by atoms with van der Waals surface area (Å²) in [6.07, 6.45) is 8.80. The first-order valence-corrected chi connectivity index (χ1v) is 11.5. The Bertz CT molecular complexity index is 1450. The van der Waals surface area contributed by atoms with Crippen molar-refractivity contribution < 1.29 is 13.6 Å². The van der Waals surface area contributed by atoms with E-state index in [0.717, 1.165) is 28.1 Å². The largest absolute Gasteiger partial charge is 0.358 e. The third kappa shape index (κ3) is 7.03. The van der Waals surface area contributed by atoms with Gasteiger partial charge in [0.05, 0.1) is 22.5 Å². The van der Waals surface area contributed by atoms with E-state index in [-0.39, 0.29) is 11.3 Å². The van der Waals surface area contributed by atoms with Crippen molar-refractivity contribution in [2.45, 2.75) is 34.6 Å². The highest BCUT2D eigenvalue weighted by Gasteiger charge is 2.18. The number of nitrogens with one attached hydrogen (secondary N) is 2. The number of carbonyl (C=O) groups excluding carboxylic acids is 1. The Kier molecular flexibility index (Phi) is 10.1. The normalized spacial score (nSPS) is 11.2. The summed E-state index contributed by atoms with van der Waals surface area (Å²) < 4.78 is 32.1. The summed E-state index contributed by atoms with van der Waals surface area (Å²) in [7, 11) is 0. The number of nitrogens with zero attached hydrogens (tertiary/aromatic N) is 2. The van der Waals surface area contributed by atoms with Gasteiger partial charge in [-0.05, 0) is 71.0 Å². The molecule has 0 atom stereocenters. The fraction of sp³-hybridized carbons (Fsp3) is 0.167. The Morgan fingerprint density at radius 3 is 2.41 bits per heavy atom. The Labute approximate surface area is 216 Å². The highest BCUT2D eigenvalue weighted by molar-refractivity contribution is 5.77. The lowest BCUT2D eigenvalue weighted by Crippen LogP contribution is -2.08. The van der Waals surface area contributed by atoms with Gasteiger partial charge in [0.25, 0.3) is 0 Å². The van der Waals surface area contributed by atoms with Crippen LogP contribution in [0.1, 0.15) is 40.3 Å². The van der Waals surface area contributed by atoms with E-state index in [0.29, 0.717) is 17.0 Å². The first-order valence-electron chi connectivity index (χ1n) is 11.5. The molecule has 2 heterocycles. The molecular weight excluding hydrogens is 470 g/mol. The van der Waals surface area contributed by atoms with Gasteiger partial charge in [-0.25, -0.2) is 18.6 Å². The van der Waals surface area contributed by atoms with Gasteiger partial charge < -0.3 is 15.0 Å². The zero-order valence-electron chi connectivity index (χ0n) is 21.9. The van der Waals surface area contributed by atoms with Gasteiger partial charge in [-0.3, -0.25) is 0 Å². The molecule has 7 heteroatoms. The van der Waals surface area contributed by atoms with Crippen molar-refractivity contribution in [1.29, 1.82) is 0 Å². The second kappa shape index (κ2) is 13.0. The Morgan fingerprint density at radius 1 is 1.14 bits per heavy atom. The molecule has 0 spiro atoms. The molecular formula is C30H32F2N4O. The Balaban J connectivity index is 0.00000153. The number of allylic oxidation sites excluding steroid dienone is 6. The van der Waals surface area contributed by atoms with Crippen molar-refractivity contribution in [3.63, 3.8) is 0 Å². The number of anilines is 1. The maximum absolute atomic E-state index is 15.6. The number of imidazole rings is 1. The van der Waals surface area contributed by atoms with E-state index in [1.807, 2.05) is 46.8 Å². The lowest BCUT2D eigenvalue weighted by molar-refractivity contribution is 0.569. The molecule has 3 aromatic rings. The number of pyridine rings is 1. The summed E-state index contributed by atoms with van der Waals surface area (Å²) in [6.45, 7) is 20.1. The third-order valence-electron chi connectivity index (χ3n) is 5.48. The number of aromatic nitrogens is 2. The molecule has 192 valence electrons. The zero-order valence-corrected chi connectivity index (χ0v) is 21.9. The van der Waals surface area contributed by atoms with Crippen LogP contribution in [-0.2, 0) is 4.79 Å². The minimum Gasteiger partial charge on any atom is -0.358 e. The number of fused-ring (bicyclic) bond motifs is 1. The zero-order chi connectivity index (χ0) is 27.7. The van der Waals surface area contributed by atoms with Gasteiger partial charge in [0.2, 0.25) is 0 Å². The summed E-state index contributed by atoms with van der Waals surface area (Å²) in [5, 5.41) is 6.29. The van der Waals surface area contributed by atoms with Gasteiger partial charge >= 0.3 is 0 Å². The average Bonchev–Trinajstić information content (AvgIpc) is 3.29. The number of benzene rings is 1. The Hall–Kier alpha value is -4.48. The topological polar surface area (TPSA) is 58.4 Å². The van der Waals surface area contributed by atoms with E-state index in [4.69, 9.17) is 4.79 Å². The van der Waals surface area contributed by atoms with Crippen molar-refractivity contribution in [2.24, 2.45) is 0 Å². The van der Waals surface area contributed by atoms with Gasteiger partial charge in [-0.2, -0.15) is 0 Å². The van der Waals surface area contributed by atoms with Gasteiger partial charge in [0.1, 0.15) is 23.8 Å². The molecule has 3 rings (SSSR count). The van der Waals surface area contributed by atoms with E-state index in [1.165, 1.54) is 18.1 Å². The summed E-state index contributed by atoms with van der Waals surface area (Å²) in [5.41, 5.74) is 6.12. The molecule has 2 N–H and O–H groups in total. The van der Waals surface area contributed by atoms with Crippen molar-refractivity contribution in [1.82, 2.24) is 14.7 Å². The summed E-state index contributed by atoms with van der Waals surface area (Å²) in [6, 6.07) is 6.14. The first-order chi connectivity index (χ1) is 17.6. The van der Waals surface area contributed by atoms with E-state index < -0.39 is 11.6 Å². The van der Waals surface area contributed by atoms with E-state index in [1.54, 1.807) is 35.1 Å². The number of hydrogen-bond acceptors (Lipinski definition) is 4. The highest BCUT2D eigenvalue weighted by atomic mass is 19.1. The fourth-order valence-electron chi connectivity index (χ4n) is 3.40. The van der Waals surface area contributed by atoms with Crippen LogP contribution in [0.15, 0.2) is 97.3 Å². The van der Waals surface area contributed by atoms with Gasteiger partial charge in [-0.1, -0.05) is 36.9 Å². The van der Waals surface area contributed by atoms with E-state index in [9.17, 15) is 4.39 Å². The molecule has 0 aliphatic carbocycles.